The van der Waals surface area contributed by atoms with Gasteiger partial charge in [-0.25, -0.2) is 0 Å². The molecule has 6 nitrogen and oxygen atoms in total. The number of carbonyl (C=O) groups is 1. The molecule has 14 heavy (non-hydrogen) atoms. The average molecular weight is 217 g/mol. The Balaban J connectivity index is 2.28. The summed E-state index contributed by atoms with van der Waals surface area (Å²) in [6, 6.07) is 0. The summed E-state index contributed by atoms with van der Waals surface area (Å²) in [5.74, 6) is -0.282. The first-order chi connectivity index (χ1) is 6.74. The third kappa shape index (κ3) is 3.36. The number of rotatable bonds is 5. The van der Waals surface area contributed by atoms with E-state index in [-0.39, 0.29) is 19.1 Å². The van der Waals surface area contributed by atoms with E-state index in [1.807, 2.05) is 0 Å². The van der Waals surface area contributed by atoms with Crippen LogP contribution in [0.5, 0.6) is 0 Å². The summed E-state index contributed by atoms with van der Waals surface area (Å²) >= 11 is 1.01. The highest BCUT2D eigenvalue weighted by atomic mass is 32.1. The molecule has 7 heteroatoms. The average Bonchev–Trinajstić information content (AvgIpc) is 2.67. The van der Waals surface area contributed by atoms with E-state index in [0.29, 0.717) is 4.88 Å². The monoisotopic (exact) mass is 217 g/mol. The second-order valence-electron chi connectivity index (χ2n) is 2.60. The molecule has 1 amide bonds. The summed E-state index contributed by atoms with van der Waals surface area (Å²) < 4.78 is 8.25. The summed E-state index contributed by atoms with van der Waals surface area (Å²) in [6.45, 7) is 0.353. The Morgan fingerprint density at radius 2 is 2.64 bits per heavy atom. The molecule has 1 aromatic rings. The second kappa shape index (κ2) is 5.63. The number of aromatic nitrogens is 2. The maximum Gasteiger partial charge on any atom is 0.264 e. The van der Waals surface area contributed by atoms with Gasteiger partial charge in [-0.05, 0) is 11.5 Å². The van der Waals surface area contributed by atoms with Crippen molar-refractivity contribution < 1.29 is 14.6 Å². The quantitative estimate of drug-likeness (QED) is 0.679. The van der Waals surface area contributed by atoms with Crippen LogP contribution in [0.3, 0.4) is 0 Å². The summed E-state index contributed by atoms with van der Waals surface area (Å²) in [6.07, 6.45) is 0.688. The molecule has 0 saturated carbocycles. The molecule has 1 atom stereocenters. The third-order valence-corrected chi connectivity index (χ3v) is 2.11. The van der Waals surface area contributed by atoms with E-state index in [4.69, 9.17) is 4.74 Å². The summed E-state index contributed by atoms with van der Waals surface area (Å²) in [7, 11) is 1.48. The fraction of sp³-hybridized carbons (Fsp3) is 0.571. The molecule has 1 heterocycles. The van der Waals surface area contributed by atoms with Gasteiger partial charge >= 0.3 is 0 Å². The third-order valence-electron chi connectivity index (χ3n) is 1.44. The van der Waals surface area contributed by atoms with Gasteiger partial charge in [0.2, 0.25) is 0 Å². The molecule has 1 aromatic heterocycles. The Kier molecular flexibility index (Phi) is 4.44. The van der Waals surface area contributed by atoms with Crippen molar-refractivity contribution in [3.05, 3.63) is 11.1 Å². The maximum atomic E-state index is 11.3. The van der Waals surface area contributed by atoms with E-state index < -0.39 is 6.10 Å². The van der Waals surface area contributed by atoms with Gasteiger partial charge in [-0.15, -0.1) is 5.10 Å². The van der Waals surface area contributed by atoms with Crippen LogP contribution in [0.15, 0.2) is 6.20 Å². The van der Waals surface area contributed by atoms with Crippen molar-refractivity contribution in [2.45, 2.75) is 6.10 Å². The van der Waals surface area contributed by atoms with Crippen molar-refractivity contribution >= 4 is 17.4 Å². The van der Waals surface area contributed by atoms with E-state index in [1.54, 1.807) is 0 Å². The first-order valence-electron chi connectivity index (χ1n) is 3.96. The van der Waals surface area contributed by atoms with Gasteiger partial charge < -0.3 is 15.2 Å². The van der Waals surface area contributed by atoms with Gasteiger partial charge in [0.05, 0.1) is 18.9 Å². The number of nitrogens with one attached hydrogen (secondary N) is 1. The van der Waals surface area contributed by atoms with E-state index in [0.717, 1.165) is 11.5 Å². The number of ether oxygens (including phenoxy) is 1. The molecule has 0 radical (unpaired) electrons. The van der Waals surface area contributed by atoms with Gasteiger partial charge in [0.15, 0.2) is 0 Å². The van der Waals surface area contributed by atoms with E-state index >= 15 is 0 Å². The molecule has 0 bridgehead atoms. The highest BCUT2D eigenvalue weighted by Gasteiger charge is 2.10. The van der Waals surface area contributed by atoms with Crippen molar-refractivity contribution in [2.75, 3.05) is 20.3 Å². The molecular formula is C7H11N3O3S. The van der Waals surface area contributed by atoms with Crippen LogP contribution in [-0.4, -0.2) is 47.0 Å². The molecule has 1 rings (SSSR count). The second-order valence-corrected chi connectivity index (χ2v) is 3.39. The molecule has 78 valence electrons. The molecule has 0 aromatic carbocycles. The van der Waals surface area contributed by atoms with Crippen LogP contribution >= 0.6 is 11.5 Å². The molecule has 0 saturated heterocycles. The van der Waals surface area contributed by atoms with Gasteiger partial charge in [0, 0.05) is 13.7 Å². The molecule has 0 aliphatic heterocycles. The SMILES string of the molecule is COCC(O)CNC(=O)c1cnns1. The standard InChI is InChI=1S/C7H11N3O3S/c1-13-4-5(11)2-8-7(12)6-3-9-10-14-6/h3,5,11H,2,4H2,1H3,(H,8,12). The van der Waals surface area contributed by atoms with Crippen LogP contribution in [0.25, 0.3) is 0 Å². The van der Waals surface area contributed by atoms with Crippen molar-refractivity contribution in [1.82, 2.24) is 14.9 Å². The summed E-state index contributed by atoms with van der Waals surface area (Å²) in [5.41, 5.74) is 0. The van der Waals surface area contributed by atoms with Crippen molar-refractivity contribution in [1.29, 1.82) is 0 Å². The number of aliphatic hydroxyl groups is 1. The maximum absolute atomic E-state index is 11.3. The van der Waals surface area contributed by atoms with Gasteiger partial charge in [-0.2, -0.15) is 0 Å². The van der Waals surface area contributed by atoms with Crippen LogP contribution in [-0.2, 0) is 4.74 Å². The van der Waals surface area contributed by atoms with Crippen LogP contribution in [0, 0.1) is 0 Å². The number of carbonyl (C=O) groups excluding carboxylic acids is 1. The minimum atomic E-state index is -0.690. The molecule has 1 unspecified atom stereocenters. The zero-order valence-corrected chi connectivity index (χ0v) is 8.45. The van der Waals surface area contributed by atoms with E-state index in [1.165, 1.54) is 13.3 Å². The number of nitrogens with zero attached hydrogens (tertiary/aromatic N) is 2. The molecule has 2 N–H and O–H groups in total. The number of hydrogen-bond acceptors (Lipinski definition) is 6. The van der Waals surface area contributed by atoms with Crippen molar-refractivity contribution in [3.63, 3.8) is 0 Å². The van der Waals surface area contributed by atoms with Gasteiger partial charge in [-0.1, -0.05) is 4.49 Å². The zero-order chi connectivity index (χ0) is 10.4. The summed E-state index contributed by atoms with van der Waals surface area (Å²) in [5, 5.41) is 15.3. The zero-order valence-electron chi connectivity index (χ0n) is 7.64. The lowest BCUT2D eigenvalue weighted by molar-refractivity contribution is 0.0610. The van der Waals surface area contributed by atoms with Gasteiger partial charge in [-0.3, -0.25) is 4.79 Å². The van der Waals surface area contributed by atoms with E-state index in [9.17, 15) is 9.90 Å². The Labute approximate surface area is 85.1 Å². The smallest absolute Gasteiger partial charge is 0.264 e. The predicted molar refractivity (Wildman–Crippen MR) is 50.1 cm³/mol. The van der Waals surface area contributed by atoms with Crippen LogP contribution in [0.2, 0.25) is 0 Å². The highest BCUT2D eigenvalue weighted by molar-refractivity contribution is 7.07. The lowest BCUT2D eigenvalue weighted by atomic mass is 10.3. The van der Waals surface area contributed by atoms with Crippen LogP contribution in [0.4, 0.5) is 0 Å². The fourth-order valence-electron chi connectivity index (χ4n) is 0.816. The molecular weight excluding hydrogens is 206 g/mol. The van der Waals surface area contributed by atoms with Crippen molar-refractivity contribution in [3.8, 4) is 0 Å². The topological polar surface area (TPSA) is 84.3 Å². The highest BCUT2D eigenvalue weighted by Crippen LogP contribution is 2.00. The Hall–Kier alpha value is -1.05. The predicted octanol–water partition coefficient (Wildman–Crippen LogP) is -0.725. The lowest BCUT2D eigenvalue weighted by Crippen LogP contribution is -2.33. The van der Waals surface area contributed by atoms with Gasteiger partial charge in [0.25, 0.3) is 5.91 Å². The Morgan fingerprint density at radius 3 is 3.21 bits per heavy atom. The minimum absolute atomic E-state index is 0.157. The number of hydrogen-bond donors (Lipinski definition) is 2. The minimum Gasteiger partial charge on any atom is -0.389 e. The largest absolute Gasteiger partial charge is 0.389 e. The van der Waals surface area contributed by atoms with Crippen LogP contribution < -0.4 is 5.32 Å². The number of amides is 1. The van der Waals surface area contributed by atoms with Crippen LogP contribution in [0.1, 0.15) is 9.67 Å². The molecule has 0 aliphatic rings. The lowest BCUT2D eigenvalue weighted by Gasteiger charge is -2.09. The van der Waals surface area contributed by atoms with E-state index in [2.05, 4.69) is 14.9 Å². The normalized spacial score (nSPS) is 12.4. The fourth-order valence-corrected chi connectivity index (χ4v) is 1.25. The molecule has 0 spiro atoms. The Morgan fingerprint density at radius 1 is 1.86 bits per heavy atom. The van der Waals surface area contributed by atoms with Crippen molar-refractivity contribution in [2.24, 2.45) is 0 Å². The molecule has 0 aliphatic carbocycles. The first kappa shape index (κ1) is 11.0. The Bertz CT molecular complexity index is 278. The first-order valence-corrected chi connectivity index (χ1v) is 4.74. The van der Waals surface area contributed by atoms with Gasteiger partial charge in [0.1, 0.15) is 4.88 Å². The number of methoxy groups -OCH3 is 1. The summed E-state index contributed by atoms with van der Waals surface area (Å²) in [4.78, 5) is 11.7. The molecule has 0 fully saturated rings. The number of aliphatic hydroxyl groups excluding tert-OH is 1.